The van der Waals surface area contributed by atoms with Crippen LogP contribution in [-0.2, 0) is 0 Å². The van der Waals surface area contributed by atoms with E-state index in [0.717, 1.165) is 15.7 Å². The fourth-order valence-corrected chi connectivity index (χ4v) is 2.98. The van der Waals surface area contributed by atoms with Gasteiger partial charge in [0.25, 0.3) is 0 Å². The maximum Gasteiger partial charge on any atom is 0.156 e. The highest BCUT2D eigenvalue weighted by atomic mass is 79.9. The smallest absolute Gasteiger partial charge is 0.156 e. The van der Waals surface area contributed by atoms with Gasteiger partial charge in [-0.2, -0.15) is 0 Å². The number of anilines is 1. The molecular formula is C16H16BrClFNO. The standard InChI is InChI=1S/C16H16BrClFNO/c1-3-21-16-14(17)8-12(18)9-15(16)20-10(2)11-5-4-6-13(19)7-11/h4-10,20H,3H2,1-2H3. The third-order valence-corrected chi connectivity index (χ3v) is 3.82. The highest BCUT2D eigenvalue weighted by Gasteiger charge is 2.13. The van der Waals surface area contributed by atoms with Gasteiger partial charge in [0.1, 0.15) is 5.82 Å². The number of rotatable bonds is 5. The van der Waals surface area contributed by atoms with Crippen LogP contribution in [0.3, 0.4) is 0 Å². The molecule has 0 amide bonds. The molecule has 0 aliphatic rings. The molecule has 0 fully saturated rings. The van der Waals surface area contributed by atoms with Crippen LogP contribution < -0.4 is 10.1 Å². The van der Waals surface area contributed by atoms with E-state index in [-0.39, 0.29) is 11.9 Å². The summed E-state index contributed by atoms with van der Waals surface area (Å²) in [5, 5.41) is 3.91. The Balaban J connectivity index is 2.30. The minimum Gasteiger partial charge on any atom is -0.491 e. The lowest BCUT2D eigenvalue weighted by Crippen LogP contribution is -2.09. The van der Waals surface area contributed by atoms with Gasteiger partial charge in [-0.3, -0.25) is 0 Å². The summed E-state index contributed by atoms with van der Waals surface area (Å²) in [4.78, 5) is 0. The number of nitrogens with one attached hydrogen (secondary N) is 1. The molecule has 2 rings (SSSR count). The molecule has 21 heavy (non-hydrogen) atoms. The Labute approximate surface area is 137 Å². The second kappa shape index (κ2) is 7.14. The lowest BCUT2D eigenvalue weighted by atomic mass is 10.1. The summed E-state index contributed by atoms with van der Waals surface area (Å²) >= 11 is 9.54. The van der Waals surface area contributed by atoms with Crippen molar-refractivity contribution >= 4 is 33.2 Å². The maximum absolute atomic E-state index is 13.3. The van der Waals surface area contributed by atoms with Crippen LogP contribution in [0.2, 0.25) is 5.02 Å². The van der Waals surface area contributed by atoms with Gasteiger partial charge < -0.3 is 10.1 Å². The zero-order valence-corrected chi connectivity index (χ0v) is 14.1. The van der Waals surface area contributed by atoms with Gasteiger partial charge in [0, 0.05) is 11.1 Å². The highest BCUT2D eigenvalue weighted by Crippen LogP contribution is 2.38. The molecule has 2 aromatic rings. The summed E-state index contributed by atoms with van der Waals surface area (Å²) in [5.74, 6) is 0.448. The fourth-order valence-electron chi connectivity index (χ4n) is 2.05. The van der Waals surface area contributed by atoms with Crippen molar-refractivity contribution < 1.29 is 9.13 Å². The molecule has 1 N–H and O–H groups in total. The first kappa shape index (κ1) is 16.1. The topological polar surface area (TPSA) is 21.3 Å². The molecule has 5 heteroatoms. The van der Waals surface area contributed by atoms with Crippen molar-refractivity contribution in [3.05, 3.63) is 57.3 Å². The van der Waals surface area contributed by atoms with Crippen molar-refractivity contribution in [1.82, 2.24) is 0 Å². The third-order valence-electron chi connectivity index (χ3n) is 3.02. The lowest BCUT2D eigenvalue weighted by molar-refractivity contribution is 0.339. The van der Waals surface area contributed by atoms with Crippen molar-refractivity contribution in [2.75, 3.05) is 11.9 Å². The van der Waals surface area contributed by atoms with Gasteiger partial charge >= 0.3 is 0 Å². The van der Waals surface area contributed by atoms with Crippen molar-refractivity contribution in [3.63, 3.8) is 0 Å². The van der Waals surface area contributed by atoms with Gasteiger partial charge in [-0.25, -0.2) is 4.39 Å². The van der Waals surface area contributed by atoms with Crippen LogP contribution >= 0.6 is 27.5 Å². The summed E-state index contributed by atoms with van der Waals surface area (Å²) in [7, 11) is 0. The van der Waals surface area contributed by atoms with Gasteiger partial charge in [0.15, 0.2) is 5.75 Å². The van der Waals surface area contributed by atoms with E-state index in [9.17, 15) is 4.39 Å². The third kappa shape index (κ3) is 4.11. The molecule has 0 saturated heterocycles. The lowest BCUT2D eigenvalue weighted by Gasteiger charge is -2.20. The molecule has 0 bridgehead atoms. The van der Waals surface area contributed by atoms with E-state index in [1.807, 2.05) is 19.9 Å². The van der Waals surface area contributed by atoms with Crippen LogP contribution in [0, 0.1) is 5.82 Å². The summed E-state index contributed by atoms with van der Waals surface area (Å²) in [6, 6.07) is 10.0. The van der Waals surface area contributed by atoms with Gasteiger partial charge in [-0.05, 0) is 59.6 Å². The van der Waals surface area contributed by atoms with Crippen molar-refractivity contribution in [2.24, 2.45) is 0 Å². The van der Waals surface area contributed by atoms with Crippen LogP contribution in [0.25, 0.3) is 0 Å². The highest BCUT2D eigenvalue weighted by molar-refractivity contribution is 9.10. The Morgan fingerprint density at radius 1 is 1.33 bits per heavy atom. The Bertz CT molecular complexity index is 636. The van der Waals surface area contributed by atoms with Crippen LogP contribution in [0.4, 0.5) is 10.1 Å². The maximum atomic E-state index is 13.3. The SMILES string of the molecule is CCOc1c(Br)cc(Cl)cc1NC(C)c1cccc(F)c1. The van der Waals surface area contributed by atoms with Gasteiger partial charge in [-0.15, -0.1) is 0 Å². The Hall–Kier alpha value is -1.26. The van der Waals surface area contributed by atoms with Gasteiger partial charge in [0.05, 0.1) is 16.8 Å². The molecule has 0 aromatic heterocycles. The number of hydrogen-bond donors (Lipinski definition) is 1. The summed E-state index contributed by atoms with van der Waals surface area (Å²) in [5.41, 5.74) is 1.63. The molecule has 1 unspecified atom stereocenters. The van der Waals surface area contributed by atoms with E-state index in [4.69, 9.17) is 16.3 Å². The Morgan fingerprint density at radius 2 is 2.10 bits per heavy atom. The summed E-state index contributed by atoms with van der Waals surface area (Å²) in [6.07, 6.45) is 0. The van der Waals surface area contributed by atoms with Crippen LogP contribution in [0.15, 0.2) is 40.9 Å². The quantitative estimate of drug-likeness (QED) is 0.714. The van der Waals surface area contributed by atoms with Gasteiger partial charge in [-0.1, -0.05) is 23.7 Å². The minimum atomic E-state index is -0.251. The van der Waals surface area contributed by atoms with E-state index < -0.39 is 0 Å². The van der Waals surface area contributed by atoms with Gasteiger partial charge in [0.2, 0.25) is 0 Å². The first-order chi connectivity index (χ1) is 10.0. The first-order valence-corrected chi connectivity index (χ1v) is 7.82. The zero-order chi connectivity index (χ0) is 15.4. The average Bonchev–Trinajstić information content (AvgIpc) is 2.42. The van der Waals surface area contributed by atoms with Crippen molar-refractivity contribution in [3.8, 4) is 5.75 Å². The molecule has 0 saturated carbocycles. The van der Waals surface area contributed by atoms with Crippen molar-refractivity contribution in [2.45, 2.75) is 19.9 Å². The second-order valence-electron chi connectivity index (χ2n) is 4.62. The van der Waals surface area contributed by atoms with E-state index in [2.05, 4.69) is 21.2 Å². The second-order valence-corrected chi connectivity index (χ2v) is 5.91. The Kier molecular flexibility index (Phi) is 5.48. The molecule has 2 aromatic carbocycles. The number of ether oxygens (including phenoxy) is 1. The van der Waals surface area contributed by atoms with Crippen LogP contribution in [0.1, 0.15) is 25.5 Å². The predicted molar refractivity (Wildman–Crippen MR) is 88.8 cm³/mol. The monoisotopic (exact) mass is 371 g/mol. The van der Waals surface area contributed by atoms with E-state index in [1.165, 1.54) is 12.1 Å². The predicted octanol–water partition coefficient (Wildman–Crippen LogP) is 5.81. The number of hydrogen-bond acceptors (Lipinski definition) is 2. The molecule has 112 valence electrons. The largest absolute Gasteiger partial charge is 0.491 e. The molecule has 0 spiro atoms. The van der Waals surface area contributed by atoms with Crippen LogP contribution in [-0.4, -0.2) is 6.61 Å². The fraction of sp³-hybridized carbons (Fsp3) is 0.250. The number of halogens is 3. The molecule has 0 aliphatic carbocycles. The molecule has 0 radical (unpaired) electrons. The van der Waals surface area contributed by atoms with E-state index >= 15 is 0 Å². The minimum absolute atomic E-state index is 0.0785. The first-order valence-electron chi connectivity index (χ1n) is 6.65. The zero-order valence-electron chi connectivity index (χ0n) is 11.8. The summed E-state index contributed by atoms with van der Waals surface area (Å²) in [6.45, 7) is 4.42. The molecule has 0 heterocycles. The average molecular weight is 373 g/mol. The van der Waals surface area contributed by atoms with Crippen LogP contribution in [0.5, 0.6) is 5.75 Å². The normalized spacial score (nSPS) is 12.0. The summed E-state index contributed by atoms with van der Waals surface area (Å²) < 4.78 is 19.7. The number of benzene rings is 2. The van der Waals surface area contributed by atoms with E-state index in [0.29, 0.717) is 17.4 Å². The molecular weight excluding hydrogens is 357 g/mol. The molecule has 0 aliphatic heterocycles. The van der Waals surface area contributed by atoms with E-state index in [1.54, 1.807) is 18.2 Å². The molecule has 1 atom stereocenters. The molecule has 2 nitrogen and oxygen atoms in total. The van der Waals surface area contributed by atoms with Crippen molar-refractivity contribution in [1.29, 1.82) is 0 Å². The Morgan fingerprint density at radius 3 is 2.76 bits per heavy atom.